The lowest BCUT2D eigenvalue weighted by atomic mass is 10.3. The van der Waals surface area contributed by atoms with Crippen molar-refractivity contribution in [2.24, 2.45) is 7.05 Å². The van der Waals surface area contributed by atoms with Crippen molar-refractivity contribution in [3.8, 4) is 0 Å². The first-order valence-corrected chi connectivity index (χ1v) is 8.68. The fourth-order valence-corrected chi connectivity index (χ4v) is 2.96. The van der Waals surface area contributed by atoms with Crippen LogP contribution >= 0.6 is 11.8 Å². The van der Waals surface area contributed by atoms with E-state index in [1.54, 1.807) is 30.1 Å². The molecule has 7 nitrogen and oxygen atoms in total. The number of fused-ring (bicyclic) bond motifs is 1. The van der Waals surface area contributed by atoms with Gasteiger partial charge in [0, 0.05) is 43.8 Å². The van der Waals surface area contributed by atoms with Crippen molar-refractivity contribution in [1.82, 2.24) is 19.9 Å². The summed E-state index contributed by atoms with van der Waals surface area (Å²) in [6, 6.07) is 5.18. The lowest BCUT2D eigenvalue weighted by molar-refractivity contribution is 0.252. The zero-order chi connectivity index (χ0) is 16.9. The van der Waals surface area contributed by atoms with Gasteiger partial charge in [0.15, 0.2) is 16.6 Å². The average Bonchev–Trinajstić information content (AvgIpc) is 3.17. The van der Waals surface area contributed by atoms with Gasteiger partial charge in [-0.15, -0.1) is 0 Å². The van der Waals surface area contributed by atoms with Gasteiger partial charge in [-0.1, -0.05) is 18.7 Å². The highest BCUT2D eigenvalue weighted by Crippen LogP contribution is 2.20. The van der Waals surface area contributed by atoms with E-state index in [1.165, 1.54) is 0 Å². The quantitative estimate of drug-likeness (QED) is 0.530. The van der Waals surface area contributed by atoms with E-state index in [4.69, 9.17) is 4.42 Å². The van der Waals surface area contributed by atoms with Crippen LogP contribution in [0.2, 0.25) is 0 Å². The van der Waals surface area contributed by atoms with Gasteiger partial charge in [-0.05, 0) is 18.2 Å². The van der Waals surface area contributed by atoms with E-state index in [-0.39, 0.29) is 6.03 Å². The molecule has 3 rings (SSSR count). The molecular formula is C16H19N5O2S. The van der Waals surface area contributed by atoms with Crippen LogP contribution in [0.25, 0.3) is 11.1 Å². The molecule has 0 unspecified atom stereocenters. The number of anilines is 1. The number of rotatable bonds is 6. The number of carbonyl (C=O) groups excluding carboxylic acids is 1. The number of imidazole rings is 1. The average molecular weight is 345 g/mol. The maximum atomic E-state index is 11.9. The third-order valence-electron chi connectivity index (χ3n) is 3.39. The number of nitrogens with one attached hydrogen (secondary N) is 2. The molecule has 2 aromatic heterocycles. The first kappa shape index (κ1) is 16.4. The first-order valence-electron chi connectivity index (χ1n) is 7.70. The van der Waals surface area contributed by atoms with Crippen LogP contribution in [0.1, 0.15) is 12.8 Å². The van der Waals surface area contributed by atoms with E-state index < -0.39 is 0 Å². The number of benzene rings is 1. The minimum atomic E-state index is -0.242. The van der Waals surface area contributed by atoms with Gasteiger partial charge in [-0.25, -0.2) is 14.8 Å². The second-order valence-corrected chi connectivity index (χ2v) is 6.26. The van der Waals surface area contributed by atoms with Gasteiger partial charge in [0.2, 0.25) is 0 Å². The van der Waals surface area contributed by atoms with Crippen molar-refractivity contribution in [2.75, 3.05) is 17.6 Å². The number of thioether (sulfide) groups is 1. The molecule has 0 aliphatic heterocycles. The van der Waals surface area contributed by atoms with Crippen molar-refractivity contribution in [3.63, 3.8) is 0 Å². The largest absolute Gasteiger partial charge is 0.441 e. The standard InChI is InChI=1S/C16H19N5O2S/c1-3-14-20-12-10-11(4-5-13(12)23-14)19-15(22)17-7-9-24-16-18-6-8-21(16)2/h4-6,8,10H,3,7,9H2,1-2H3,(H2,17,19,22). The minimum Gasteiger partial charge on any atom is -0.441 e. The Balaban J connectivity index is 1.48. The van der Waals surface area contributed by atoms with Gasteiger partial charge < -0.3 is 19.6 Å². The van der Waals surface area contributed by atoms with Crippen LogP contribution in [0.4, 0.5) is 10.5 Å². The highest BCUT2D eigenvalue weighted by molar-refractivity contribution is 7.99. The summed E-state index contributed by atoms with van der Waals surface area (Å²) >= 11 is 1.60. The van der Waals surface area contributed by atoms with Crippen LogP contribution in [0, 0.1) is 0 Å². The molecule has 3 aromatic rings. The van der Waals surface area contributed by atoms with Crippen molar-refractivity contribution in [2.45, 2.75) is 18.5 Å². The van der Waals surface area contributed by atoms with Crippen molar-refractivity contribution < 1.29 is 9.21 Å². The lowest BCUT2D eigenvalue weighted by Gasteiger charge is -2.07. The molecule has 0 saturated heterocycles. The second kappa shape index (κ2) is 7.39. The first-order chi connectivity index (χ1) is 11.7. The number of carbonyl (C=O) groups is 1. The molecule has 0 spiro atoms. The van der Waals surface area contributed by atoms with Crippen LogP contribution in [-0.2, 0) is 13.5 Å². The molecular weight excluding hydrogens is 326 g/mol. The molecule has 0 fully saturated rings. The number of aromatic nitrogens is 3. The Bertz CT molecular complexity index is 842. The molecule has 1 aromatic carbocycles. The van der Waals surface area contributed by atoms with E-state index in [0.717, 1.165) is 28.4 Å². The monoisotopic (exact) mass is 345 g/mol. The molecule has 0 aliphatic rings. The van der Waals surface area contributed by atoms with Crippen LogP contribution < -0.4 is 10.6 Å². The molecule has 24 heavy (non-hydrogen) atoms. The Morgan fingerprint density at radius 2 is 2.29 bits per heavy atom. The van der Waals surface area contributed by atoms with Gasteiger partial charge in [-0.2, -0.15) is 0 Å². The smallest absolute Gasteiger partial charge is 0.319 e. The molecule has 0 atom stereocenters. The fourth-order valence-electron chi connectivity index (χ4n) is 2.18. The Hall–Kier alpha value is -2.48. The highest BCUT2D eigenvalue weighted by Gasteiger charge is 2.07. The number of aryl methyl sites for hydroxylation is 2. The number of amides is 2. The molecule has 126 valence electrons. The van der Waals surface area contributed by atoms with Gasteiger partial charge in [0.05, 0.1) is 0 Å². The Morgan fingerprint density at radius 1 is 1.42 bits per heavy atom. The summed E-state index contributed by atoms with van der Waals surface area (Å²) in [5, 5.41) is 6.56. The fraction of sp³-hybridized carbons (Fsp3) is 0.312. The van der Waals surface area contributed by atoms with Crippen LogP contribution in [0.15, 0.2) is 40.2 Å². The minimum absolute atomic E-state index is 0.242. The molecule has 0 saturated carbocycles. The SMILES string of the molecule is CCc1nc2cc(NC(=O)NCCSc3nccn3C)ccc2o1. The zero-order valence-electron chi connectivity index (χ0n) is 13.6. The van der Waals surface area contributed by atoms with E-state index in [0.29, 0.717) is 18.1 Å². The normalized spacial score (nSPS) is 10.9. The third kappa shape index (κ3) is 3.88. The van der Waals surface area contributed by atoms with Crippen LogP contribution in [-0.4, -0.2) is 32.9 Å². The van der Waals surface area contributed by atoms with Gasteiger partial charge in [0.1, 0.15) is 5.52 Å². The number of urea groups is 1. The van der Waals surface area contributed by atoms with E-state index >= 15 is 0 Å². The van der Waals surface area contributed by atoms with Crippen molar-refractivity contribution >= 4 is 34.6 Å². The summed E-state index contributed by atoms with van der Waals surface area (Å²) in [6.07, 6.45) is 4.39. The molecule has 2 N–H and O–H groups in total. The topological polar surface area (TPSA) is 85.0 Å². The van der Waals surface area contributed by atoms with Crippen LogP contribution in [0.3, 0.4) is 0 Å². The Labute approximate surface area is 143 Å². The van der Waals surface area contributed by atoms with E-state index in [2.05, 4.69) is 20.6 Å². The van der Waals surface area contributed by atoms with Crippen LogP contribution in [0.5, 0.6) is 0 Å². The predicted molar refractivity (Wildman–Crippen MR) is 94.3 cm³/mol. The molecule has 2 heterocycles. The van der Waals surface area contributed by atoms with Gasteiger partial charge in [-0.3, -0.25) is 0 Å². The summed E-state index contributed by atoms with van der Waals surface area (Å²) in [6.45, 7) is 2.54. The number of nitrogens with zero attached hydrogens (tertiary/aromatic N) is 3. The Kier molecular flexibility index (Phi) is 5.05. The molecule has 2 amide bonds. The molecule has 0 radical (unpaired) electrons. The summed E-state index contributed by atoms with van der Waals surface area (Å²) in [5.41, 5.74) is 2.16. The van der Waals surface area contributed by atoms with Crippen molar-refractivity contribution in [3.05, 3.63) is 36.5 Å². The maximum Gasteiger partial charge on any atom is 0.319 e. The number of hydrogen-bond donors (Lipinski definition) is 2. The van der Waals surface area contributed by atoms with E-state index in [1.807, 2.05) is 30.8 Å². The Morgan fingerprint density at radius 3 is 3.04 bits per heavy atom. The summed E-state index contributed by atoms with van der Waals surface area (Å²) in [4.78, 5) is 20.5. The molecule has 0 aliphatic carbocycles. The lowest BCUT2D eigenvalue weighted by Crippen LogP contribution is -2.30. The van der Waals surface area contributed by atoms with Gasteiger partial charge in [0.25, 0.3) is 0 Å². The third-order valence-corrected chi connectivity index (χ3v) is 4.45. The molecule has 0 bridgehead atoms. The summed E-state index contributed by atoms with van der Waals surface area (Å²) < 4.78 is 7.50. The number of oxazole rings is 1. The van der Waals surface area contributed by atoms with E-state index in [9.17, 15) is 4.79 Å². The van der Waals surface area contributed by atoms with Gasteiger partial charge >= 0.3 is 6.03 Å². The number of hydrogen-bond acceptors (Lipinski definition) is 5. The molecule has 8 heteroatoms. The van der Waals surface area contributed by atoms with Crippen molar-refractivity contribution in [1.29, 1.82) is 0 Å². The summed E-state index contributed by atoms with van der Waals surface area (Å²) in [7, 11) is 1.94. The second-order valence-electron chi connectivity index (χ2n) is 5.19. The summed E-state index contributed by atoms with van der Waals surface area (Å²) in [5.74, 6) is 1.44. The highest BCUT2D eigenvalue weighted by atomic mass is 32.2. The maximum absolute atomic E-state index is 11.9. The zero-order valence-corrected chi connectivity index (χ0v) is 14.4. The predicted octanol–water partition coefficient (Wildman–Crippen LogP) is 3.04.